The number of allylic oxidation sites excluding steroid dienone is 1. The van der Waals surface area contributed by atoms with Crippen molar-refractivity contribution < 1.29 is 66.5 Å². The molecule has 0 saturated carbocycles. The zero-order valence-corrected chi connectivity index (χ0v) is 29.2. The highest BCUT2D eigenvalue weighted by molar-refractivity contribution is 6.31. The van der Waals surface area contributed by atoms with E-state index in [9.17, 15) is 26.3 Å². The molecule has 0 aliphatic heterocycles. The van der Waals surface area contributed by atoms with Crippen LogP contribution in [0.4, 0.5) is 57.1 Å². The minimum atomic E-state index is -5.46. The molecule has 5 rings (SSSR count). The Morgan fingerprint density at radius 2 is 1.07 bits per heavy atom. The van der Waals surface area contributed by atoms with Crippen LogP contribution in [0.5, 0.6) is 11.5 Å². The molecule has 0 aliphatic rings. The Labute approximate surface area is 315 Å². The van der Waals surface area contributed by atoms with Gasteiger partial charge in [-0.25, -0.2) is 35.1 Å². The molecule has 56 heavy (non-hydrogen) atoms. The Bertz CT molecular complexity index is 2180. The molecule has 0 amide bonds. The highest BCUT2D eigenvalue weighted by Gasteiger charge is 2.41. The first kappa shape index (κ1) is 42.0. The lowest BCUT2D eigenvalue weighted by atomic mass is 9.95. The Morgan fingerprint density at radius 3 is 1.61 bits per heavy atom. The molecule has 0 aromatic heterocycles. The van der Waals surface area contributed by atoms with Gasteiger partial charge < -0.3 is 9.47 Å². The van der Waals surface area contributed by atoms with Gasteiger partial charge in [-0.05, 0) is 109 Å². The van der Waals surface area contributed by atoms with Gasteiger partial charge in [-0.3, -0.25) is 0 Å². The van der Waals surface area contributed by atoms with E-state index in [-0.39, 0.29) is 24.3 Å². The summed E-state index contributed by atoms with van der Waals surface area (Å²) in [5.41, 5.74) is -5.62. The first-order valence-electron chi connectivity index (χ1n) is 16.5. The van der Waals surface area contributed by atoms with Crippen LogP contribution in [0.15, 0.2) is 79.4 Å². The Morgan fingerprint density at radius 1 is 0.554 bits per heavy atom. The van der Waals surface area contributed by atoms with Crippen molar-refractivity contribution in [3.63, 3.8) is 0 Å². The van der Waals surface area contributed by atoms with E-state index in [4.69, 9.17) is 11.6 Å². The normalized spacial score (nSPS) is 11.9. The summed E-state index contributed by atoms with van der Waals surface area (Å²) >= 11 is 5.94. The standard InChI is InChI=1S/C40H26ClF13O2/c1-2-3-4-5-6-7-8-20-11-28(43)36(29(44)12-20)23-16-30(45)35(31(46)17-23)22-13-26(41)37(32(47)18-22)39(50,51)55-24-9-10-25(27(42)19-24)21-14-33(48)38(34(49)15-21)56-40(52,53)54/h2,9-19H,1,3-8H2. The van der Waals surface area contributed by atoms with E-state index >= 15 is 30.7 Å². The molecule has 5 aromatic rings. The third kappa shape index (κ3) is 9.60. The Hall–Kier alpha value is -5.18. The number of unbranched alkanes of at least 4 members (excludes halogenated alkanes) is 4. The summed E-state index contributed by atoms with van der Waals surface area (Å²) in [5.74, 6) is -14.9. The highest BCUT2D eigenvalue weighted by atomic mass is 35.5. The second kappa shape index (κ2) is 16.9. The highest BCUT2D eigenvalue weighted by Crippen LogP contribution is 2.42. The lowest BCUT2D eigenvalue weighted by Crippen LogP contribution is -2.24. The molecule has 0 radical (unpaired) electrons. The zero-order chi connectivity index (χ0) is 41.1. The van der Waals surface area contributed by atoms with Crippen LogP contribution < -0.4 is 9.47 Å². The van der Waals surface area contributed by atoms with Gasteiger partial charge in [0.1, 0.15) is 46.2 Å². The van der Waals surface area contributed by atoms with E-state index in [1.54, 1.807) is 6.08 Å². The third-order valence-electron chi connectivity index (χ3n) is 8.39. The van der Waals surface area contributed by atoms with Crippen molar-refractivity contribution in [2.45, 2.75) is 51.0 Å². The van der Waals surface area contributed by atoms with Crippen LogP contribution in [0.2, 0.25) is 5.02 Å². The number of halogens is 14. The third-order valence-corrected chi connectivity index (χ3v) is 8.69. The van der Waals surface area contributed by atoms with Crippen molar-refractivity contribution in [2.24, 2.45) is 0 Å². The lowest BCUT2D eigenvalue weighted by molar-refractivity contribution is -0.276. The maximum absolute atomic E-state index is 15.4. The summed E-state index contributed by atoms with van der Waals surface area (Å²) in [6, 6.07) is 6.28. The Kier molecular flexibility index (Phi) is 12.7. The number of benzene rings is 5. The molecular weight excluding hydrogens is 795 g/mol. The minimum absolute atomic E-state index is 0.284. The zero-order valence-electron chi connectivity index (χ0n) is 28.5. The molecule has 0 heterocycles. The van der Waals surface area contributed by atoms with Gasteiger partial charge in [0.2, 0.25) is 5.75 Å². The molecule has 16 heteroatoms. The first-order valence-corrected chi connectivity index (χ1v) is 16.9. The van der Waals surface area contributed by atoms with Gasteiger partial charge in [0, 0.05) is 11.6 Å². The summed E-state index contributed by atoms with van der Waals surface area (Å²) in [6.45, 7) is 3.64. The molecule has 0 saturated heterocycles. The van der Waals surface area contributed by atoms with Gasteiger partial charge in [-0.1, -0.05) is 30.5 Å². The monoisotopic (exact) mass is 820 g/mol. The van der Waals surface area contributed by atoms with Crippen LogP contribution in [0.3, 0.4) is 0 Å². The number of aryl methyl sites for hydroxylation is 1. The number of alkyl halides is 5. The van der Waals surface area contributed by atoms with Gasteiger partial charge in [0.15, 0.2) is 11.6 Å². The minimum Gasteiger partial charge on any atom is -0.429 e. The molecule has 296 valence electrons. The van der Waals surface area contributed by atoms with Crippen molar-refractivity contribution in [2.75, 3.05) is 0 Å². The fraction of sp³-hybridized carbons (Fsp3) is 0.200. The van der Waals surface area contributed by atoms with Crippen molar-refractivity contribution in [1.29, 1.82) is 0 Å². The van der Waals surface area contributed by atoms with Crippen LogP contribution in [-0.2, 0) is 12.5 Å². The molecule has 5 aromatic carbocycles. The van der Waals surface area contributed by atoms with Crippen LogP contribution in [0, 0.1) is 46.5 Å². The second-order valence-electron chi connectivity index (χ2n) is 12.4. The molecular formula is C40H26ClF13O2. The van der Waals surface area contributed by atoms with E-state index in [2.05, 4.69) is 16.1 Å². The van der Waals surface area contributed by atoms with Crippen molar-refractivity contribution in [3.8, 4) is 44.9 Å². The van der Waals surface area contributed by atoms with Crippen molar-refractivity contribution in [3.05, 3.63) is 142 Å². The maximum atomic E-state index is 15.4. The lowest BCUT2D eigenvalue weighted by Gasteiger charge is -2.21. The molecule has 0 aliphatic carbocycles. The van der Waals surface area contributed by atoms with Gasteiger partial charge >= 0.3 is 12.5 Å². The molecule has 0 unspecified atom stereocenters. The summed E-state index contributed by atoms with van der Waals surface area (Å²) in [7, 11) is 0. The molecule has 0 spiro atoms. The van der Waals surface area contributed by atoms with Gasteiger partial charge in [-0.2, -0.15) is 8.78 Å². The largest absolute Gasteiger partial charge is 0.573 e. The number of hydrogen-bond acceptors (Lipinski definition) is 2. The molecule has 0 atom stereocenters. The summed E-state index contributed by atoms with van der Waals surface area (Å²) < 4.78 is 195. The van der Waals surface area contributed by atoms with E-state index in [0.717, 1.165) is 37.8 Å². The maximum Gasteiger partial charge on any atom is 0.573 e. The fourth-order valence-corrected chi connectivity index (χ4v) is 6.24. The SMILES string of the molecule is C=CCCCCCCc1cc(F)c(-c2cc(F)c(-c3cc(F)c(C(F)(F)Oc4ccc(-c5cc(F)c(OC(F)(F)F)c(F)c5)c(F)c4)c(Cl)c3)c(F)c2)c(F)c1. The van der Waals surface area contributed by atoms with Gasteiger partial charge in [0.25, 0.3) is 0 Å². The van der Waals surface area contributed by atoms with E-state index in [0.29, 0.717) is 48.7 Å². The predicted molar refractivity (Wildman–Crippen MR) is 182 cm³/mol. The fourth-order valence-electron chi connectivity index (χ4n) is 5.93. The molecule has 0 bridgehead atoms. The molecule has 0 N–H and O–H groups in total. The quantitative estimate of drug-likeness (QED) is 0.0631. The van der Waals surface area contributed by atoms with E-state index in [1.165, 1.54) is 0 Å². The van der Waals surface area contributed by atoms with Crippen LogP contribution in [-0.4, -0.2) is 6.36 Å². The summed E-state index contributed by atoms with van der Waals surface area (Å²) in [6.07, 6.45) is -3.88. The average Bonchev–Trinajstić information content (AvgIpc) is 3.06. The van der Waals surface area contributed by atoms with Gasteiger partial charge in [-0.15, -0.1) is 19.8 Å². The van der Waals surface area contributed by atoms with Crippen LogP contribution in [0.1, 0.15) is 43.2 Å². The first-order chi connectivity index (χ1) is 26.3. The predicted octanol–water partition coefficient (Wildman–Crippen LogP) is 14.2. The average molecular weight is 821 g/mol. The second-order valence-corrected chi connectivity index (χ2v) is 12.8. The number of hydrogen-bond donors (Lipinski definition) is 0. The van der Waals surface area contributed by atoms with Crippen LogP contribution >= 0.6 is 11.6 Å². The summed E-state index contributed by atoms with van der Waals surface area (Å²) in [5, 5.41) is -1.12. The van der Waals surface area contributed by atoms with Crippen molar-refractivity contribution >= 4 is 11.6 Å². The Balaban J connectivity index is 1.36. The van der Waals surface area contributed by atoms with Crippen molar-refractivity contribution in [1.82, 2.24) is 0 Å². The topological polar surface area (TPSA) is 18.5 Å². The molecule has 0 fully saturated rings. The molecule has 2 nitrogen and oxygen atoms in total. The summed E-state index contributed by atoms with van der Waals surface area (Å²) in [4.78, 5) is 0. The van der Waals surface area contributed by atoms with Gasteiger partial charge in [0.05, 0.1) is 16.1 Å². The van der Waals surface area contributed by atoms with E-state index in [1.807, 2.05) is 0 Å². The van der Waals surface area contributed by atoms with Crippen LogP contribution in [0.25, 0.3) is 33.4 Å². The number of ether oxygens (including phenoxy) is 2. The smallest absolute Gasteiger partial charge is 0.429 e. The van der Waals surface area contributed by atoms with E-state index < -0.39 is 114 Å². The number of rotatable bonds is 14.